The van der Waals surface area contributed by atoms with E-state index in [2.05, 4.69) is 14.7 Å². The molecular formula is C7H15NO6S2. The van der Waals surface area contributed by atoms with Gasteiger partial charge in [0.1, 0.15) is 0 Å². The van der Waals surface area contributed by atoms with Crippen molar-refractivity contribution in [1.29, 1.82) is 0 Å². The highest BCUT2D eigenvalue weighted by molar-refractivity contribution is 7.95. The monoisotopic (exact) mass is 273 g/mol. The molecule has 0 amide bonds. The summed E-state index contributed by atoms with van der Waals surface area (Å²) >= 11 is 0.932. The lowest BCUT2D eigenvalue weighted by Crippen LogP contribution is -2.45. The Hall–Kier alpha value is 0.1000. The molecule has 0 aliphatic heterocycles. The Balaban J connectivity index is 2.57. The summed E-state index contributed by atoms with van der Waals surface area (Å²) in [6, 6.07) is -0.124. The van der Waals surface area contributed by atoms with E-state index in [0.29, 0.717) is 19.3 Å². The topological polar surface area (TPSA) is 105 Å². The highest BCUT2D eigenvalue weighted by Gasteiger charge is 2.36. The van der Waals surface area contributed by atoms with Crippen molar-refractivity contribution in [2.24, 2.45) is 0 Å². The third-order valence-electron chi connectivity index (χ3n) is 2.72. The van der Waals surface area contributed by atoms with Crippen LogP contribution < -0.4 is 5.32 Å². The van der Waals surface area contributed by atoms with Gasteiger partial charge in [-0.25, -0.2) is 5.26 Å². The van der Waals surface area contributed by atoms with Gasteiger partial charge in [-0.1, -0.05) is 5.04 Å². The van der Waals surface area contributed by atoms with Gasteiger partial charge in [-0.05, 0) is 26.3 Å². The Labute approximate surface area is 98.3 Å². The van der Waals surface area contributed by atoms with Crippen LogP contribution in [0.1, 0.15) is 19.3 Å². The van der Waals surface area contributed by atoms with Crippen molar-refractivity contribution in [3.63, 3.8) is 0 Å². The van der Waals surface area contributed by atoms with Gasteiger partial charge < -0.3 is 5.32 Å². The van der Waals surface area contributed by atoms with Crippen LogP contribution in [0.25, 0.3) is 0 Å². The third-order valence-corrected chi connectivity index (χ3v) is 4.95. The van der Waals surface area contributed by atoms with E-state index >= 15 is 0 Å². The molecule has 9 heteroatoms. The largest absolute Gasteiger partial charge is 0.316 e. The minimum Gasteiger partial charge on any atom is -0.316 e. The summed E-state index contributed by atoms with van der Waals surface area (Å²) in [4.78, 5) is 0. The number of rotatable bonds is 5. The minimum atomic E-state index is -3.98. The van der Waals surface area contributed by atoms with Gasteiger partial charge in [0.2, 0.25) is 0 Å². The quantitative estimate of drug-likeness (QED) is 0.287. The Morgan fingerprint density at radius 2 is 2.12 bits per heavy atom. The van der Waals surface area contributed by atoms with E-state index in [1.165, 1.54) is 0 Å². The van der Waals surface area contributed by atoms with Gasteiger partial charge in [-0.3, -0.25) is 4.55 Å². The van der Waals surface area contributed by atoms with Gasteiger partial charge in [-0.2, -0.15) is 8.42 Å². The van der Waals surface area contributed by atoms with Crippen molar-refractivity contribution in [3.05, 3.63) is 0 Å². The zero-order chi connectivity index (χ0) is 12.2. The normalized spacial score (nSPS) is 31.6. The Kier molecular flexibility index (Phi) is 5.44. The van der Waals surface area contributed by atoms with Crippen LogP contribution in [0.5, 0.6) is 0 Å². The first kappa shape index (κ1) is 14.2. The molecule has 1 fully saturated rings. The molecule has 0 bridgehead atoms. The first-order valence-corrected chi connectivity index (χ1v) is 7.07. The van der Waals surface area contributed by atoms with Gasteiger partial charge in [0.15, 0.2) is 0 Å². The molecule has 1 rings (SSSR count). The van der Waals surface area contributed by atoms with Crippen molar-refractivity contribution in [3.8, 4) is 0 Å². The van der Waals surface area contributed by atoms with Crippen molar-refractivity contribution >= 4 is 22.2 Å². The summed E-state index contributed by atoms with van der Waals surface area (Å²) in [6.07, 6.45) is 1.22. The summed E-state index contributed by atoms with van der Waals surface area (Å²) in [5.74, 6) is 0. The van der Waals surface area contributed by atoms with Crippen LogP contribution in [0.4, 0.5) is 0 Å². The van der Waals surface area contributed by atoms with E-state index in [9.17, 15) is 8.42 Å². The molecule has 7 nitrogen and oxygen atoms in total. The molecule has 1 aliphatic rings. The maximum Gasteiger partial charge on any atom is 0.267 e. The lowest BCUT2D eigenvalue weighted by molar-refractivity contribution is -0.432. The lowest BCUT2D eigenvalue weighted by Gasteiger charge is -2.32. The van der Waals surface area contributed by atoms with Crippen molar-refractivity contribution in [2.45, 2.75) is 35.8 Å². The molecule has 1 saturated carbocycles. The highest BCUT2D eigenvalue weighted by Crippen LogP contribution is 2.32. The van der Waals surface area contributed by atoms with E-state index in [0.717, 1.165) is 12.0 Å². The second-order valence-corrected chi connectivity index (χ2v) is 6.25. The SMILES string of the molecule is CNC1CC(S(=O)(=O)O)CCC1SOOO. The van der Waals surface area contributed by atoms with E-state index in [1.807, 2.05) is 0 Å². The van der Waals surface area contributed by atoms with Crippen LogP contribution in [-0.2, 0) is 19.5 Å². The summed E-state index contributed by atoms with van der Waals surface area (Å²) < 4.78 is 35.3. The molecule has 0 aromatic rings. The molecule has 0 aromatic heterocycles. The van der Waals surface area contributed by atoms with Gasteiger partial charge in [0.25, 0.3) is 10.1 Å². The van der Waals surface area contributed by atoms with Crippen molar-refractivity contribution < 1.29 is 27.6 Å². The molecule has 0 saturated heterocycles. The fraction of sp³-hybridized carbons (Fsp3) is 1.00. The van der Waals surface area contributed by atoms with Crippen LogP contribution in [0.3, 0.4) is 0 Å². The summed E-state index contributed by atoms with van der Waals surface area (Å²) in [7, 11) is -2.28. The molecular weight excluding hydrogens is 258 g/mol. The standard InChI is InChI=1S/C7H15NO6S2/c1-8-6-4-5(16(10,11)12)2-3-7(6)15-14-13-9/h5-9H,2-4H2,1H3,(H,10,11,12). The van der Waals surface area contributed by atoms with Crippen LogP contribution in [0, 0.1) is 0 Å². The first-order valence-electron chi connectivity index (χ1n) is 4.76. The molecule has 16 heavy (non-hydrogen) atoms. The molecule has 1 aliphatic carbocycles. The number of hydrogen-bond acceptors (Lipinski definition) is 7. The molecule has 0 spiro atoms. The van der Waals surface area contributed by atoms with Gasteiger partial charge in [-0.15, -0.1) is 4.33 Å². The molecule has 96 valence electrons. The van der Waals surface area contributed by atoms with Gasteiger partial charge >= 0.3 is 0 Å². The summed E-state index contributed by atoms with van der Waals surface area (Å²) in [5, 5.41) is 13.7. The molecule has 3 unspecified atom stereocenters. The molecule has 0 radical (unpaired) electrons. The van der Waals surface area contributed by atoms with Crippen LogP contribution >= 0.6 is 12.0 Å². The lowest BCUT2D eigenvalue weighted by atomic mass is 9.94. The second kappa shape index (κ2) is 6.15. The molecule has 3 atom stereocenters. The van der Waals surface area contributed by atoms with Crippen LogP contribution in [0.15, 0.2) is 0 Å². The van der Waals surface area contributed by atoms with Crippen molar-refractivity contribution in [1.82, 2.24) is 5.32 Å². The highest BCUT2D eigenvalue weighted by atomic mass is 32.2. The average Bonchev–Trinajstić information content (AvgIpc) is 2.24. The van der Waals surface area contributed by atoms with Gasteiger partial charge in [0, 0.05) is 23.3 Å². The first-order chi connectivity index (χ1) is 7.49. The molecule has 0 aromatic carbocycles. The molecule has 0 heterocycles. The third kappa shape index (κ3) is 3.84. The van der Waals surface area contributed by atoms with E-state index in [-0.39, 0.29) is 11.3 Å². The van der Waals surface area contributed by atoms with E-state index in [4.69, 9.17) is 9.81 Å². The van der Waals surface area contributed by atoms with Gasteiger partial charge in [0.05, 0.1) is 5.25 Å². The predicted octanol–water partition coefficient (Wildman–Crippen LogP) is 0.453. The van der Waals surface area contributed by atoms with Crippen LogP contribution in [0.2, 0.25) is 0 Å². The smallest absolute Gasteiger partial charge is 0.267 e. The number of nitrogens with one attached hydrogen (secondary N) is 1. The maximum atomic E-state index is 11.0. The Bertz CT molecular complexity index is 308. The fourth-order valence-electron chi connectivity index (χ4n) is 1.86. The summed E-state index contributed by atoms with van der Waals surface area (Å²) in [5.41, 5.74) is 0. The second-order valence-electron chi connectivity index (χ2n) is 3.62. The maximum absolute atomic E-state index is 11.0. The Morgan fingerprint density at radius 1 is 1.44 bits per heavy atom. The number of hydrogen-bond donors (Lipinski definition) is 3. The zero-order valence-corrected chi connectivity index (χ0v) is 10.3. The van der Waals surface area contributed by atoms with E-state index in [1.54, 1.807) is 7.05 Å². The van der Waals surface area contributed by atoms with E-state index < -0.39 is 15.4 Å². The fourth-order valence-corrected chi connectivity index (χ4v) is 3.50. The average molecular weight is 273 g/mol. The minimum absolute atomic E-state index is 0.0323. The van der Waals surface area contributed by atoms with Crippen molar-refractivity contribution in [2.75, 3.05) is 7.05 Å². The van der Waals surface area contributed by atoms with Crippen LogP contribution in [-0.4, -0.2) is 41.8 Å². The molecule has 3 N–H and O–H groups in total. The Morgan fingerprint density at radius 3 is 2.62 bits per heavy atom. The predicted molar refractivity (Wildman–Crippen MR) is 58.2 cm³/mol. The summed E-state index contributed by atoms with van der Waals surface area (Å²) in [6.45, 7) is 0. The zero-order valence-electron chi connectivity index (χ0n) is 8.70.